The van der Waals surface area contributed by atoms with E-state index in [0.29, 0.717) is 23.6 Å². The Morgan fingerprint density at radius 2 is 2.04 bits per heavy atom. The van der Waals surface area contributed by atoms with Crippen molar-refractivity contribution in [2.75, 3.05) is 26.5 Å². The molecule has 0 saturated heterocycles. The van der Waals surface area contributed by atoms with Crippen LogP contribution in [0.1, 0.15) is 45.1 Å². The van der Waals surface area contributed by atoms with Crippen molar-refractivity contribution in [2.24, 2.45) is 4.99 Å². The van der Waals surface area contributed by atoms with Gasteiger partial charge in [-0.3, -0.25) is 4.21 Å². The molecule has 0 spiro atoms. The SMILES string of the molecule is CCNC(=NCc1cccc(OC)c1OC)NC1CCCC(S(=O)CC)C1.I. The third kappa shape index (κ3) is 7.09. The molecule has 0 bridgehead atoms. The second kappa shape index (κ2) is 13.2. The van der Waals surface area contributed by atoms with Gasteiger partial charge < -0.3 is 20.1 Å². The van der Waals surface area contributed by atoms with Crippen LogP contribution in [0.3, 0.4) is 0 Å². The van der Waals surface area contributed by atoms with Gasteiger partial charge in [-0.05, 0) is 32.3 Å². The van der Waals surface area contributed by atoms with Crippen LogP contribution in [-0.2, 0) is 17.3 Å². The topological polar surface area (TPSA) is 72.0 Å². The number of hydrogen-bond donors (Lipinski definition) is 2. The number of rotatable bonds is 8. The lowest BCUT2D eigenvalue weighted by Crippen LogP contribution is -2.46. The Morgan fingerprint density at radius 1 is 1.25 bits per heavy atom. The van der Waals surface area contributed by atoms with Crippen molar-refractivity contribution in [3.63, 3.8) is 0 Å². The Hall–Kier alpha value is -1.03. The van der Waals surface area contributed by atoms with Crippen molar-refractivity contribution in [1.82, 2.24) is 10.6 Å². The first-order valence-electron chi connectivity index (χ1n) is 9.74. The molecule has 1 aromatic rings. The van der Waals surface area contributed by atoms with Gasteiger partial charge in [0.1, 0.15) is 0 Å². The van der Waals surface area contributed by atoms with E-state index in [-0.39, 0.29) is 24.0 Å². The molecule has 2 rings (SSSR count). The molecule has 0 amide bonds. The largest absolute Gasteiger partial charge is 0.493 e. The van der Waals surface area contributed by atoms with Gasteiger partial charge in [-0.15, -0.1) is 24.0 Å². The molecule has 1 saturated carbocycles. The molecule has 1 aromatic carbocycles. The van der Waals surface area contributed by atoms with E-state index in [4.69, 9.17) is 14.5 Å². The van der Waals surface area contributed by atoms with Gasteiger partial charge in [0.15, 0.2) is 17.5 Å². The maximum atomic E-state index is 12.2. The molecule has 8 heteroatoms. The monoisotopic (exact) mass is 523 g/mol. The van der Waals surface area contributed by atoms with Gasteiger partial charge in [0.05, 0.1) is 20.8 Å². The summed E-state index contributed by atoms with van der Waals surface area (Å²) in [5, 5.41) is 7.14. The highest BCUT2D eigenvalue weighted by Gasteiger charge is 2.26. The maximum Gasteiger partial charge on any atom is 0.191 e. The van der Waals surface area contributed by atoms with Crippen LogP contribution in [0.2, 0.25) is 0 Å². The minimum absolute atomic E-state index is 0. The average molecular weight is 523 g/mol. The fourth-order valence-corrected chi connectivity index (χ4v) is 4.85. The second-order valence-electron chi connectivity index (χ2n) is 6.65. The molecular weight excluding hydrogens is 489 g/mol. The van der Waals surface area contributed by atoms with Gasteiger partial charge in [0.25, 0.3) is 0 Å². The summed E-state index contributed by atoms with van der Waals surface area (Å²) >= 11 is 0. The fraction of sp³-hybridized carbons (Fsp3) is 0.650. The zero-order valence-corrected chi connectivity index (χ0v) is 20.5. The van der Waals surface area contributed by atoms with E-state index in [2.05, 4.69) is 17.6 Å². The normalized spacial score (nSPS) is 20.6. The molecule has 6 nitrogen and oxygen atoms in total. The molecule has 0 aliphatic heterocycles. The van der Waals surface area contributed by atoms with Crippen LogP contribution in [0.15, 0.2) is 23.2 Å². The first-order valence-corrected chi connectivity index (χ1v) is 11.1. The molecule has 0 heterocycles. The van der Waals surface area contributed by atoms with Crippen LogP contribution >= 0.6 is 24.0 Å². The summed E-state index contributed by atoms with van der Waals surface area (Å²) in [5.41, 5.74) is 0.975. The molecule has 1 fully saturated rings. The van der Waals surface area contributed by atoms with Gasteiger partial charge >= 0.3 is 0 Å². The lowest BCUT2D eigenvalue weighted by molar-refractivity contribution is 0.352. The number of ether oxygens (including phenoxy) is 2. The van der Waals surface area contributed by atoms with Crippen LogP contribution in [0.4, 0.5) is 0 Å². The minimum atomic E-state index is -0.725. The highest BCUT2D eigenvalue weighted by Crippen LogP contribution is 2.31. The number of methoxy groups -OCH3 is 2. The van der Waals surface area contributed by atoms with E-state index in [9.17, 15) is 4.21 Å². The third-order valence-electron chi connectivity index (χ3n) is 4.86. The van der Waals surface area contributed by atoms with Gasteiger partial charge in [-0.1, -0.05) is 25.5 Å². The number of para-hydroxylation sites is 1. The predicted octanol–water partition coefficient (Wildman–Crippen LogP) is 3.46. The van der Waals surface area contributed by atoms with E-state index < -0.39 is 10.8 Å². The summed E-state index contributed by atoms with van der Waals surface area (Å²) in [6.45, 7) is 5.34. The summed E-state index contributed by atoms with van der Waals surface area (Å²) < 4.78 is 23.0. The van der Waals surface area contributed by atoms with Crippen molar-refractivity contribution >= 4 is 40.7 Å². The average Bonchev–Trinajstić information content (AvgIpc) is 2.71. The standard InChI is InChI=1S/C20H33N3O3S.HI/c1-5-21-20(23-16-10-8-11-17(13-16)27(24)6-2)22-14-15-9-7-12-18(25-3)19(15)26-4;/h7,9,12,16-17H,5-6,8,10-11,13-14H2,1-4H3,(H2,21,22,23);1H. The highest BCUT2D eigenvalue weighted by molar-refractivity contribution is 14.0. The van der Waals surface area contributed by atoms with Gasteiger partial charge in [0, 0.05) is 40.0 Å². The number of halogens is 1. The quantitative estimate of drug-likeness (QED) is 0.310. The van der Waals surface area contributed by atoms with E-state index in [0.717, 1.165) is 55.3 Å². The number of hydrogen-bond acceptors (Lipinski definition) is 4. The van der Waals surface area contributed by atoms with Gasteiger partial charge in [0.2, 0.25) is 0 Å². The number of nitrogens with zero attached hydrogens (tertiary/aromatic N) is 1. The van der Waals surface area contributed by atoms with Crippen molar-refractivity contribution in [3.05, 3.63) is 23.8 Å². The fourth-order valence-electron chi connectivity index (χ4n) is 3.51. The molecule has 3 atom stereocenters. The van der Waals surface area contributed by atoms with E-state index in [1.54, 1.807) is 14.2 Å². The minimum Gasteiger partial charge on any atom is -0.493 e. The Morgan fingerprint density at radius 3 is 2.68 bits per heavy atom. The van der Waals surface area contributed by atoms with Crippen LogP contribution in [0.5, 0.6) is 11.5 Å². The zero-order valence-electron chi connectivity index (χ0n) is 17.3. The van der Waals surface area contributed by atoms with Crippen molar-refractivity contribution < 1.29 is 13.7 Å². The lowest BCUT2D eigenvalue weighted by atomic mass is 9.95. The summed E-state index contributed by atoms with van der Waals surface area (Å²) in [4.78, 5) is 4.73. The van der Waals surface area contributed by atoms with E-state index in [1.807, 2.05) is 25.1 Å². The Bertz CT molecular complexity index is 658. The predicted molar refractivity (Wildman–Crippen MR) is 128 cm³/mol. The van der Waals surface area contributed by atoms with Crippen LogP contribution in [-0.4, -0.2) is 48.0 Å². The zero-order chi connectivity index (χ0) is 19.6. The van der Waals surface area contributed by atoms with Crippen molar-refractivity contribution in [1.29, 1.82) is 0 Å². The summed E-state index contributed by atoms with van der Waals surface area (Å²) in [7, 11) is 2.55. The summed E-state index contributed by atoms with van der Waals surface area (Å²) in [6, 6.07) is 6.13. The van der Waals surface area contributed by atoms with Crippen molar-refractivity contribution in [3.8, 4) is 11.5 Å². The Balaban J connectivity index is 0.00000392. The molecular formula is C20H34IN3O3S. The highest BCUT2D eigenvalue weighted by atomic mass is 127. The van der Waals surface area contributed by atoms with Crippen LogP contribution in [0.25, 0.3) is 0 Å². The second-order valence-corrected chi connectivity index (χ2v) is 8.65. The summed E-state index contributed by atoms with van der Waals surface area (Å²) in [6.07, 6.45) is 4.20. The number of nitrogens with one attached hydrogen (secondary N) is 2. The molecule has 1 aliphatic rings. The molecule has 1 aliphatic carbocycles. The van der Waals surface area contributed by atoms with Gasteiger partial charge in [-0.2, -0.15) is 0 Å². The number of benzene rings is 1. The maximum absolute atomic E-state index is 12.2. The molecule has 160 valence electrons. The lowest BCUT2D eigenvalue weighted by Gasteiger charge is -2.30. The summed E-state index contributed by atoms with van der Waals surface area (Å²) in [5.74, 6) is 2.95. The van der Waals surface area contributed by atoms with Crippen LogP contribution in [0, 0.1) is 0 Å². The first kappa shape index (κ1) is 25.0. The van der Waals surface area contributed by atoms with E-state index in [1.165, 1.54) is 0 Å². The molecule has 28 heavy (non-hydrogen) atoms. The van der Waals surface area contributed by atoms with E-state index >= 15 is 0 Å². The molecule has 0 aromatic heterocycles. The number of guanidine groups is 1. The Labute approximate surface area is 188 Å². The number of aliphatic imine (C=N–C) groups is 1. The molecule has 2 N–H and O–H groups in total. The Kier molecular flexibility index (Phi) is 11.8. The first-order chi connectivity index (χ1) is 13.1. The van der Waals surface area contributed by atoms with Crippen molar-refractivity contribution in [2.45, 2.75) is 57.4 Å². The molecule has 3 unspecified atom stereocenters. The molecule has 0 radical (unpaired) electrons. The smallest absolute Gasteiger partial charge is 0.191 e. The third-order valence-corrected chi connectivity index (χ3v) is 6.60. The van der Waals surface area contributed by atoms with Gasteiger partial charge in [-0.25, -0.2) is 4.99 Å². The van der Waals surface area contributed by atoms with Crippen LogP contribution < -0.4 is 20.1 Å².